The fourth-order valence-corrected chi connectivity index (χ4v) is 1.86. The maximum Gasteiger partial charge on any atom is 0.410 e. The van der Waals surface area contributed by atoms with Gasteiger partial charge in [0.15, 0.2) is 0 Å². The van der Waals surface area contributed by atoms with Gasteiger partial charge in [0, 0.05) is 6.20 Å². The molecule has 5 nitrogen and oxygen atoms in total. The van der Waals surface area contributed by atoms with Crippen LogP contribution in [-0.2, 0) is 4.74 Å². The predicted molar refractivity (Wildman–Crippen MR) is 71.1 cm³/mol. The van der Waals surface area contributed by atoms with Crippen LogP contribution in [0.5, 0.6) is 5.75 Å². The Balaban J connectivity index is 1.86. The molecule has 2 atom stereocenters. The summed E-state index contributed by atoms with van der Waals surface area (Å²) in [7, 11) is 0. The summed E-state index contributed by atoms with van der Waals surface area (Å²) in [6.45, 7) is 8.08. The van der Waals surface area contributed by atoms with E-state index < -0.39 is 5.60 Å². The highest BCUT2D eigenvalue weighted by molar-refractivity contribution is 5.70. The second-order valence-electron chi connectivity index (χ2n) is 5.72. The van der Waals surface area contributed by atoms with Crippen LogP contribution in [0.2, 0.25) is 0 Å². The number of aromatic nitrogens is 1. The summed E-state index contributed by atoms with van der Waals surface area (Å²) in [5, 5.41) is 0. The van der Waals surface area contributed by atoms with Crippen molar-refractivity contribution in [1.82, 2.24) is 9.88 Å². The van der Waals surface area contributed by atoms with E-state index in [2.05, 4.69) is 4.98 Å². The number of amides is 1. The zero-order valence-electron chi connectivity index (χ0n) is 11.8. The highest BCUT2D eigenvalue weighted by Gasteiger charge is 2.42. The lowest BCUT2D eigenvalue weighted by Gasteiger charge is -2.45. The second kappa shape index (κ2) is 5.07. The Morgan fingerprint density at radius 1 is 1.47 bits per heavy atom. The third-order valence-corrected chi connectivity index (χ3v) is 2.96. The molecule has 0 radical (unpaired) electrons. The fourth-order valence-electron chi connectivity index (χ4n) is 1.86. The van der Waals surface area contributed by atoms with Gasteiger partial charge in [0.05, 0.1) is 18.8 Å². The minimum absolute atomic E-state index is 0.00304. The molecule has 19 heavy (non-hydrogen) atoms. The standard InChI is InChI=1S/C14H20N2O3/c1-10-12(18-11-6-5-7-15-8-11)9-16(10)13(17)19-14(2,3)4/h5-8,10,12H,9H2,1-4H3/t10-,12-/m1/s1. The molecule has 1 fully saturated rings. The number of carbonyl (C=O) groups excluding carboxylic acids is 1. The van der Waals surface area contributed by atoms with Gasteiger partial charge < -0.3 is 9.47 Å². The predicted octanol–water partition coefficient (Wildman–Crippen LogP) is 2.47. The quantitative estimate of drug-likeness (QED) is 0.823. The Bertz CT molecular complexity index is 442. The molecule has 0 spiro atoms. The average molecular weight is 264 g/mol. The minimum Gasteiger partial charge on any atom is -0.485 e. The zero-order chi connectivity index (χ0) is 14.0. The number of hydrogen-bond donors (Lipinski definition) is 0. The smallest absolute Gasteiger partial charge is 0.410 e. The van der Waals surface area contributed by atoms with Gasteiger partial charge in [-0.15, -0.1) is 0 Å². The van der Waals surface area contributed by atoms with Crippen LogP contribution in [0.1, 0.15) is 27.7 Å². The number of ether oxygens (including phenoxy) is 2. The van der Waals surface area contributed by atoms with Crippen molar-refractivity contribution in [2.45, 2.75) is 45.4 Å². The second-order valence-corrected chi connectivity index (χ2v) is 5.72. The van der Waals surface area contributed by atoms with E-state index in [-0.39, 0.29) is 18.2 Å². The van der Waals surface area contributed by atoms with Crippen LogP contribution in [0, 0.1) is 0 Å². The molecule has 1 amide bonds. The van der Waals surface area contributed by atoms with Gasteiger partial charge in [0.1, 0.15) is 17.5 Å². The Labute approximate surface area is 113 Å². The molecular formula is C14H20N2O3. The summed E-state index contributed by atoms with van der Waals surface area (Å²) in [5.74, 6) is 0.725. The van der Waals surface area contributed by atoms with E-state index in [1.807, 2.05) is 39.8 Å². The Kier molecular flexibility index (Phi) is 3.64. The molecule has 1 aromatic heterocycles. The molecule has 0 saturated carbocycles. The van der Waals surface area contributed by atoms with Gasteiger partial charge in [0.25, 0.3) is 0 Å². The highest BCUT2D eigenvalue weighted by Crippen LogP contribution is 2.25. The number of pyridine rings is 1. The monoisotopic (exact) mass is 264 g/mol. The van der Waals surface area contributed by atoms with E-state index in [0.717, 1.165) is 5.75 Å². The van der Waals surface area contributed by atoms with Crippen LogP contribution < -0.4 is 4.74 Å². The van der Waals surface area contributed by atoms with Gasteiger partial charge in [-0.05, 0) is 39.8 Å². The molecule has 0 bridgehead atoms. The normalized spacial score (nSPS) is 22.6. The Morgan fingerprint density at radius 2 is 2.21 bits per heavy atom. The topological polar surface area (TPSA) is 51.7 Å². The SMILES string of the molecule is C[C@@H]1[C@H](Oc2cccnc2)CN1C(=O)OC(C)(C)C. The molecule has 5 heteroatoms. The lowest BCUT2D eigenvalue weighted by molar-refractivity contribution is -0.0537. The number of hydrogen-bond acceptors (Lipinski definition) is 4. The lowest BCUT2D eigenvalue weighted by Crippen LogP contribution is -2.63. The molecule has 1 aromatic rings. The van der Waals surface area contributed by atoms with Crippen LogP contribution in [0.3, 0.4) is 0 Å². The van der Waals surface area contributed by atoms with Crippen molar-refractivity contribution < 1.29 is 14.3 Å². The molecule has 0 unspecified atom stereocenters. The molecule has 0 aromatic carbocycles. The fraction of sp³-hybridized carbons (Fsp3) is 0.571. The minimum atomic E-state index is -0.466. The number of nitrogens with zero attached hydrogens (tertiary/aromatic N) is 2. The van der Waals surface area contributed by atoms with Crippen molar-refractivity contribution >= 4 is 6.09 Å². The van der Waals surface area contributed by atoms with Crippen molar-refractivity contribution in [2.75, 3.05) is 6.54 Å². The van der Waals surface area contributed by atoms with Gasteiger partial charge in [-0.25, -0.2) is 4.79 Å². The molecule has 2 heterocycles. The molecule has 0 N–H and O–H groups in total. The van der Waals surface area contributed by atoms with Crippen molar-refractivity contribution in [3.05, 3.63) is 24.5 Å². The van der Waals surface area contributed by atoms with Gasteiger partial charge in [-0.3, -0.25) is 9.88 Å². The van der Waals surface area contributed by atoms with E-state index in [4.69, 9.17) is 9.47 Å². The maximum atomic E-state index is 11.9. The number of rotatable bonds is 2. The summed E-state index contributed by atoms with van der Waals surface area (Å²) in [6, 6.07) is 3.69. The van der Waals surface area contributed by atoms with Crippen LogP contribution in [0.4, 0.5) is 4.79 Å². The van der Waals surface area contributed by atoms with Crippen molar-refractivity contribution in [3.8, 4) is 5.75 Å². The first-order chi connectivity index (χ1) is 8.87. The lowest BCUT2D eigenvalue weighted by atomic mass is 10.0. The molecule has 1 aliphatic heterocycles. The van der Waals surface area contributed by atoms with Gasteiger partial charge in [-0.1, -0.05) is 0 Å². The first kappa shape index (κ1) is 13.6. The third kappa shape index (κ3) is 3.36. The third-order valence-electron chi connectivity index (χ3n) is 2.96. The number of carbonyl (C=O) groups is 1. The van der Waals surface area contributed by atoms with E-state index in [1.54, 1.807) is 17.3 Å². The van der Waals surface area contributed by atoms with Gasteiger partial charge in [-0.2, -0.15) is 0 Å². The van der Waals surface area contributed by atoms with E-state index in [1.165, 1.54) is 0 Å². The summed E-state index contributed by atoms with van der Waals surface area (Å²) in [6.07, 6.45) is 3.08. The summed E-state index contributed by atoms with van der Waals surface area (Å²) >= 11 is 0. The van der Waals surface area contributed by atoms with Crippen molar-refractivity contribution in [2.24, 2.45) is 0 Å². The average Bonchev–Trinajstić information content (AvgIpc) is 2.32. The number of likely N-dealkylation sites (tertiary alicyclic amines) is 1. The van der Waals surface area contributed by atoms with E-state index in [9.17, 15) is 4.79 Å². The molecule has 1 saturated heterocycles. The van der Waals surface area contributed by atoms with Gasteiger partial charge >= 0.3 is 6.09 Å². The summed E-state index contributed by atoms with van der Waals surface area (Å²) < 4.78 is 11.1. The Hall–Kier alpha value is -1.78. The first-order valence-corrected chi connectivity index (χ1v) is 6.43. The van der Waals surface area contributed by atoms with Crippen molar-refractivity contribution in [3.63, 3.8) is 0 Å². The maximum absolute atomic E-state index is 11.9. The first-order valence-electron chi connectivity index (χ1n) is 6.43. The molecule has 0 aliphatic carbocycles. The molecule has 1 aliphatic rings. The van der Waals surface area contributed by atoms with Crippen LogP contribution in [0.25, 0.3) is 0 Å². The zero-order valence-corrected chi connectivity index (χ0v) is 11.8. The molecule has 104 valence electrons. The molecule has 2 rings (SSSR count). The van der Waals surface area contributed by atoms with Crippen LogP contribution in [-0.4, -0.2) is 40.3 Å². The van der Waals surface area contributed by atoms with Gasteiger partial charge in [0.2, 0.25) is 0 Å². The summed E-state index contributed by atoms with van der Waals surface area (Å²) in [5.41, 5.74) is -0.466. The molecular weight excluding hydrogens is 244 g/mol. The van der Waals surface area contributed by atoms with Crippen molar-refractivity contribution in [1.29, 1.82) is 0 Å². The Morgan fingerprint density at radius 3 is 2.74 bits per heavy atom. The van der Waals surface area contributed by atoms with Crippen LogP contribution >= 0.6 is 0 Å². The van der Waals surface area contributed by atoms with Crippen LogP contribution in [0.15, 0.2) is 24.5 Å². The largest absolute Gasteiger partial charge is 0.485 e. The highest BCUT2D eigenvalue weighted by atomic mass is 16.6. The summed E-state index contributed by atoms with van der Waals surface area (Å²) in [4.78, 5) is 17.6. The van der Waals surface area contributed by atoms with E-state index >= 15 is 0 Å². The van der Waals surface area contributed by atoms with E-state index in [0.29, 0.717) is 6.54 Å².